The third-order valence-corrected chi connectivity index (χ3v) is 5.71. The van der Waals surface area contributed by atoms with Gasteiger partial charge < -0.3 is 19.4 Å². The van der Waals surface area contributed by atoms with Crippen LogP contribution in [0.4, 0.5) is 0 Å². The zero-order valence-corrected chi connectivity index (χ0v) is 15.1. The molecule has 3 rings (SSSR count). The first kappa shape index (κ1) is 18.2. The van der Waals surface area contributed by atoms with E-state index in [1.165, 1.54) is 0 Å². The Morgan fingerprint density at radius 3 is 2.44 bits per heavy atom. The molecule has 1 unspecified atom stereocenters. The number of hydrogen-bond acceptors (Lipinski definition) is 4. The molecule has 0 aromatic carbocycles. The van der Waals surface area contributed by atoms with Crippen LogP contribution in [0.15, 0.2) is 0 Å². The molecule has 3 fully saturated rings. The topological polar surface area (TPSA) is 70.2 Å². The van der Waals surface area contributed by atoms with E-state index < -0.39 is 6.10 Å². The van der Waals surface area contributed by atoms with Crippen LogP contribution in [-0.2, 0) is 19.1 Å². The first-order valence-corrected chi connectivity index (χ1v) is 9.49. The predicted molar refractivity (Wildman–Crippen MR) is 91.8 cm³/mol. The molecule has 0 saturated carbocycles. The van der Waals surface area contributed by atoms with Crippen LogP contribution in [0.5, 0.6) is 0 Å². The Kier molecular flexibility index (Phi) is 5.93. The second kappa shape index (κ2) is 8.17. The number of rotatable bonds is 4. The Morgan fingerprint density at radius 2 is 1.80 bits per heavy atom. The molecule has 0 radical (unpaired) electrons. The normalized spacial score (nSPS) is 26.3. The summed E-state index contributed by atoms with van der Waals surface area (Å²) in [6.45, 7) is 2.97. The van der Waals surface area contributed by atoms with Crippen molar-refractivity contribution in [2.75, 3.05) is 39.8 Å². The molecular formula is C18H29N3O4. The van der Waals surface area contributed by atoms with Gasteiger partial charge in [0, 0.05) is 45.8 Å². The van der Waals surface area contributed by atoms with Crippen molar-refractivity contribution >= 4 is 17.7 Å². The molecule has 7 heteroatoms. The molecule has 3 aliphatic heterocycles. The van der Waals surface area contributed by atoms with Gasteiger partial charge in [0.15, 0.2) is 0 Å². The molecule has 0 N–H and O–H groups in total. The van der Waals surface area contributed by atoms with Crippen LogP contribution in [0, 0.1) is 0 Å². The highest BCUT2D eigenvalue weighted by atomic mass is 16.5. The van der Waals surface area contributed by atoms with Crippen molar-refractivity contribution in [1.29, 1.82) is 0 Å². The van der Waals surface area contributed by atoms with E-state index in [1.807, 2.05) is 9.80 Å². The second-order valence-corrected chi connectivity index (χ2v) is 7.28. The summed E-state index contributed by atoms with van der Waals surface area (Å²) in [4.78, 5) is 42.4. The number of ether oxygens (including phenoxy) is 1. The lowest BCUT2D eigenvalue weighted by atomic mass is 10.0. The summed E-state index contributed by atoms with van der Waals surface area (Å²) < 4.78 is 5.27. The average molecular weight is 351 g/mol. The largest absolute Gasteiger partial charge is 0.372 e. The van der Waals surface area contributed by atoms with Crippen LogP contribution >= 0.6 is 0 Å². The third kappa shape index (κ3) is 4.14. The number of carbonyl (C=O) groups excluding carboxylic acids is 3. The fraction of sp³-hybridized carbons (Fsp3) is 0.833. The Hall–Kier alpha value is -1.63. The molecule has 7 nitrogen and oxygen atoms in total. The van der Waals surface area contributed by atoms with Gasteiger partial charge in [-0.2, -0.15) is 0 Å². The van der Waals surface area contributed by atoms with E-state index in [0.717, 1.165) is 45.1 Å². The van der Waals surface area contributed by atoms with Gasteiger partial charge in [0.25, 0.3) is 5.91 Å². The quantitative estimate of drug-likeness (QED) is 0.745. The molecule has 0 aromatic rings. The Morgan fingerprint density at radius 1 is 1.04 bits per heavy atom. The van der Waals surface area contributed by atoms with Crippen molar-refractivity contribution in [3.63, 3.8) is 0 Å². The SMILES string of the molecule is COC1CCCCN(CC(=O)N2CCC(N3CCCC3=O)CC2)C1=O. The number of piperidine rings is 1. The van der Waals surface area contributed by atoms with Gasteiger partial charge in [-0.05, 0) is 38.5 Å². The zero-order chi connectivity index (χ0) is 17.8. The molecule has 3 heterocycles. The second-order valence-electron chi connectivity index (χ2n) is 7.28. The summed E-state index contributed by atoms with van der Waals surface area (Å²) in [7, 11) is 1.55. The summed E-state index contributed by atoms with van der Waals surface area (Å²) in [5.74, 6) is 0.202. The molecular weight excluding hydrogens is 322 g/mol. The fourth-order valence-corrected chi connectivity index (χ4v) is 4.19. The minimum Gasteiger partial charge on any atom is -0.372 e. The van der Waals surface area contributed by atoms with E-state index in [2.05, 4.69) is 0 Å². The molecule has 25 heavy (non-hydrogen) atoms. The van der Waals surface area contributed by atoms with E-state index in [0.29, 0.717) is 26.1 Å². The Bertz CT molecular complexity index is 516. The number of carbonyl (C=O) groups is 3. The van der Waals surface area contributed by atoms with Crippen LogP contribution in [0.1, 0.15) is 44.9 Å². The zero-order valence-electron chi connectivity index (χ0n) is 15.1. The molecule has 3 aliphatic rings. The maximum absolute atomic E-state index is 12.6. The lowest BCUT2D eigenvalue weighted by Gasteiger charge is -2.37. The van der Waals surface area contributed by atoms with Crippen molar-refractivity contribution < 1.29 is 19.1 Å². The summed E-state index contributed by atoms with van der Waals surface area (Å²) >= 11 is 0. The maximum Gasteiger partial charge on any atom is 0.252 e. The average Bonchev–Trinajstić information content (AvgIpc) is 2.98. The third-order valence-electron chi connectivity index (χ3n) is 5.71. The minimum atomic E-state index is -0.415. The van der Waals surface area contributed by atoms with Gasteiger partial charge in [-0.15, -0.1) is 0 Å². The van der Waals surface area contributed by atoms with Crippen LogP contribution in [0.2, 0.25) is 0 Å². The number of hydrogen-bond donors (Lipinski definition) is 0. The standard InChI is InChI=1S/C18H29N3O4/c1-25-15-5-2-3-9-20(18(15)24)13-17(23)19-11-7-14(8-12-19)21-10-4-6-16(21)22/h14-15H,2-13H2,1H3. The lowest BCUT2D eigenvalue weighted by Crippen LogP contribution is -2.51. The lowest BCUT2D eigenvalue weighted by molar-refractivity contribution is -0.147. The minimum absolute atomic E-state index is 0.0105. The van der Waals surface area contributed by atoms with Gasteiger partial charge in [-0.25, -0.2) is 0 Å². The smallest absolute Gasteiger partial charge is 0.252 e. The summed E-state index contributed by atoms with van der Waals surface area (Å²) in [6.07, 6.45) is 5.48. The van der Waals surface area contributed by atoms with Gasteiger partial charge in [-0.3, -0.25) is 14.4 Å². The van der Waals surface area contributed by atoms with Crippen LogP contribution in [0.3, 0.4) is 0 Å². The van der Waals surface area contributed by atoms with Crippen molar-refractivity contribution in [3.05, 3.63) is 0 Å². The molecule has 140 valence electrons. The van der Waals surface area contributed by atoms with Crippen molar-refractivity contribution in [1.82, 2.24) is 14.7 Å². The summed E-state index contributed by atoms with van der Waals surface area (Å²) in [5, 5.41) is 0. The molecule has 0 bridgehead atoms. The number of nitrogens with zero attached hydrogens (tertiary/aromatic N) is 3. The van der Waals surface area contributed by atoms with Gasteiger partial charge in [-0.1, -0.05) is 0 Å². The Labute approximate surface area is 149 Å². The number of amides is 3. The van der Waals surface area contributed by atoms with E-state index >= 15 is 0 Å². The van der Waals surface area contributed by atoms with Gasteiger partial charge >= 0.3 is 0 Å². The predicted octanol–water partition coefficient (Wildman–Crippen LogP) is 0.627. The summed E-state index contributed by atoms with van der Waals surface area (Å²) in [6, 6.07) is 0.275. The van der Waals surface area contributed by atoms with E-state index in [1.54, 1.807) is 12.0 Å². The van der Waals surface area contributed by atoms with Crippen LogP contribution < -0.4 is 0 Å². The first-order valence-electron chi connectivity index (χ1n) is 9.49. The summed E-state index contributed by atoms with van der Waals surface area (Å²) in [5.41, 5.74) is 0. The van der Waals surface area contributed by atoms with Gasteiger partial charge in [0.1, 0.15) is 6.10 Å². The highest BCUT2D eigenvalue weighted by Gasteiger charge is 2.33. The monoisotopic (exact) mass is 351 g/mol. The van der Waals surface area contributed by atoms with Crippen LogP contribution in [-0.4, -0.2) is 84.4 Å². The van der Waals surface area contributed by atoms with Gasteiger partial charge in [0.05, 0.1) is 6.54 Å². The van der Waals surface area contributed by atoms with Gasteiger partial charge in [0.2, 0.25) is 11.8 Å². The highest BCUT2D eigenvalue weighted by Crippen LogP contribution is 2.22. The number of methoxy groups -OCH3 is 1. The molecule has 0 spiro atoms. The van der Waals surface area contributed by atoms with Crippen LogP contribution in [0.25, 0.3) is 0 Å². The van der Waals surface area contributed by atoms with E-state index in [-0.39, 0.29) is 30.3 Å². The number of likely N-dealkylation sites (tertiary alicyclic amines) is 3. The van der Waals surface area contributed by atoms with Crippen molar-refractivity contribution in [3.8, 4) is 0 Å². The van der Waals surface area contributed by atoms with E-state index in [9.17, 15) is 14.4 Å². The van der Waals surface area contributed by atoms with E-state index in [4.69, 9.17) is 4.74 Å². The molecule has 3 amide bonds. The van der Waals surface area contributed by atoms with Crippen molar-refractivity contribution in [2.45, 2.75) is 57.1 Å². The Balaban J connectivity index is 1.50. The molecule has 0 aromatic heterocycles. The fourth-order valence-electron chi connectivity index (χ4n) is 4.19. The molecule has 3 saturated heterocycles. The molecule has 1 atom stereocenters. The van der Waals surface area contributed by atoms with Crippen molar-refractivity contribution in [2.24, 2.45) is 0 Å². The first-order chi connectivity index (χ1) is 12.1. The highest BCUT2D eigenvalue weighted by molar-refractivity contribution is 5.87. The molecule has 0 aliphatic carbocycles. The maximum atomic E-state index is 12.6.